The topological polar surface area (TPSA) is 86.8 Å². The lowest BCUT2D eigenvalue weighted by Gasteiger charge is -2.25. The molecule has 0 radical (unpaired) electrons. The van der Waals surface area contributed by atoms with Crippen molar-refractivity contribution in [2.24, 2.45) is 0 Å². The molecule has 2 aliphatic heterocycles. The Morgan fingerprint density at radius 3 is 2.46 bits per heavy atom. The van der Waals surface area contributed by atoms with Crippen molar-refractivity contribution in [2.45, 2.75) is 57.9 Å². The van der Waals surface area contributed by atoms with E-state index in [1.54, 1.807) is 29.2 Å². The van der Waals surface area contributed by atoms with Gasteiger partial charge in [0.1, 0.15) is 5.54 Å². The van der Waals surface area contributed by atoms with Gasteiger partial charge in [-0.15, -0.1) is 0 Å². The molecule has 1 aromatic carbocycles. The summed E-state index contributed by atoms with van der Waals surface area (Å²) in [5, 5.41) is 2.82. The molecule has 28 heavy (non-hydrogen) atoms. The number of urea groups is 1. The van der Waals surface area contributed by atoms with E-state index in [1.165, 1.54) is 0 Å². The van der Waals surface area contributed by atoms with E-state index in [1.807, 2.05) is 13.8 Å². The molecule has 4 amide bonds. The summed E-state index contributed by atoms with van der Waals surface area (Å²) in [7, 11) is 0. The first-order valence-corrected chi connectivity index (χ1v) is 9.99. The Balaban J connectivity index is 1.77. The number of benzene rings is 1. The minimum Gasteiger partial charge on any atom is -0.323 e. The zero-order valence-corrected chi connectivity index (χ0v) is 16.5. The number of rotatable bonds is 8. The van der Waals surface area contributed by atoms with Crippen molar-refractivity contribution in [2.75, 3.05) is 18.0 Å². The maximum absolute atomic E-state index is 12.9. The number of imide groups is 1. The van der Waals surface area contributed by atoms with Gasteiger partial charge >= 0.3 is 6.03 Å². The van der Waals surface area contributed by atoms with Gasteiger partial charge in [-0.05, 0) is 31.4 Å². The van der Waals surface area contributed by atoms with E-state index in [0.29, 0.717) is 37.1 Å². The second kappa shape index (κ2) is 8.12. The normalized spacial score (nSPS) is 18.7. The second-order valence-electron chi connectivity index (χ2n) is 7.53. The molecule has 2 saturated heterocycles. The van der Waals surface area contributed by atoms with Gasteiger partial charge in [0.25, 0.3) is 5.91 Å². The lowest BCUT2D eigenvalue weighted by atomic mass is 9.88. The van der Waals surface area contributed by atoms with Crippen LogP contribution in [0, 0.1) is 0 Å². The molecule has 0 aliphatic carbocycles. The maximum Gasteiger partial charge on any atom is 0.325 e. The fourth-order valence-corrected chi connectivity index (χ4v) is 4.14. The highest BCUT2D eigenvalue weighted by molar-refractivity contribution is 6.11. The van der Waals surface area contributed by atoms with Crippen molar-refractivity contribution in [3.63, 3.8) is 0 Å². The van der Waals surface area contributed by atoms with Crippen LogP contribution in [-0.4, -0.2) is 47.2 Å². The molecular weight excluding hydrogens is 358 g/mol. The van der Waals surface area contributed by atoms with Gasteiger partial charge in [-0.25, -0.2) is 4.79 Å². The van der Waals surface area contributed by atoms with Crippen molar-refractivity contribution in [3.05, 3.63) is 29.8 Å². The van der Waals surface area contributed by atoms with Crippen molar-refractivity contribution in [1.29, 1.82) is 0 Å². The van der Waals surface area contributed by atoms with E-state index in [2.05, 4.69) is 5.32 Å². The third kappa shape index (κ3) is 3.66. The predicted octanol–water partition coefficient (Wildman–Crippen LogP) is 2.89. The van der Waals surface area contributed by atoms with E-state index < -0.39 is 11.6 Å². The largest absolute Gasteiger partial charge is 0.325 e. The van der Waals surface area contributed by atoms with Gasteiger partial charge in [-0.1, -0.05) is 38.8 Å². The first-order chi connectivity index (χ1) is 13.4. The molecule has 2 fully saturated rings. The third-order valence-corrected chi connectivity index (χ3v) is 5.45. The molecule has 0 bridgehead atoms. The number of ketones is 1. The highest BCUT2D eigenvalue weighted by Crippen LogP contribution is 2.28. The Bertz CT molecular complexity index is 799. The lowest BCUT2D eigenvalue weighted by molar-refractivity contribution is -0.131. The minimum atomic E-state index is -0.898. The zero-order chi connectivity index (χ0) is 20.3. The Kier molecular flexibility index (Phi) is 5.82. The van der Waals surface area contributed by atoms with E-state index in [9.17, 15) is 19.2 Å². The number of amides is 4. The molecule has 0 saturated carbocycles. The molecule has 1 N–H and O–H groups in total. The quantitative estimate of drug-likeness (QED) is 0.551. The number of hydrogen-bond donors (Lipinski definition) is 1. The molecule has 3 rings (SSSR count). The zero-order valence-electron chi connectivity index (χ0n) is 16.5. The van der Waals surface area contributed by atoms with Crippen LogP contribution in [-0.2, 0) is 9.59 Å². The van der Waals surface area contributed by atoms with Crippen LogP contribution in [0.4, 0.5) is 10.5 Å². The summed E-state index contributed by atoms with van der Waals surface area (Å²) in [4.78, 5) is 52.8. The molecule has 0 spiro atoms. The first-order valence-electron chi connectivity index (χ1n) is 9.99. The molecule has 150 valence electrons. The molecular formula is C21H27N3O4. The van der Waals surface area contributed by atoms with Crippen molar-refractivity contribution >= 4 is 29.3 Å². The summed E-state index contributed by atoms with van der Waals surface area (Å²) in [6.45, 7) is 4.28. The molecule has 1 aromatic rings. The van der Waals surface area contributed by atoms with E-state index in [4.69, 9.17) is 0 Å². The summed E-state index contributed by atoms with van der Waals surface area (Å²) < 4.78 is 0. The van der Waals surface area contributed by atoms with E-state index >= 15 is 0 Å². The Morgan fingerprint density at radius 1 is 1.14 bits per heavy atom. The predicted molar refractivity (Wildman–Crippen MR) is 105 cm³/mol. The number of Topliss-reactive ketones (excluding diaryl/α,β-unsaturated/α-hetero) is 1. The number of nitrogens with zero attached hydrogens (tertiary/aromatic N) is 2. The average Bonchev–Trinajstić information content (AvgIpc) is 3.19. The maximum atomic E-state index is 12.9. The van der Waals surface area contributed by atoms with Crippen LogP contribution in [0.5, 0.6) is 0 Å². The molecule has 0 aromatic heterocycles. The molecule has 2 heterocycles. The van der Waals surface area contributed by atoms with Gasteiger partial charge in [-0.2, -0.15) is 0 Å². The van der Waals surface area contributed by atoms with Gasteiger partial charge in [0.2, 0.25) is 5.91 Å². The van der Waals surface area contributed by atoms with Gasteiger partial charge in [0, 0.05) is 24.2 Å². The van der Waals surface area contributed by atoms with Crippen LogP contribution in [0.3, 0.4) is 0 Å². The summed E-state index contributed by atoms with van der Waals surface area (Å²) in [5.74, 6) is -0.594. The summed E-state index contributed by atoms with van der Waals surface area (Å²) in [6.07, 6.45) is 3.96. The summed E-state index contributed by atoms with van der Waals surface area (Å²) in [6, 6.07) is 6.32. The van der Waals surface area contributed by atoms with Gasteiger partial charge in [0.15, 0.2) is 5.78 Å². The number of anilines is 1. The van der Waals surface area contributed by atoms with Gasteiger partial charge < -0.3 is 10.2 Å². The number of carbonyl (C=O) groups excluding carboxylic acids is 4. The third-order valence-electron chi connectivity index (χ3n) is 5.45. The minimum absolute atomic E-state index is 0.0441. The van der Waals surface area contributed by atoms with E-state index in [-0.39, 0.29) is 24.1 Å². The standard InChI is InChI=1S/C21H27N3O4/c1-3-10-21(11-4-2)19(27)24(20(28)22-21)14-17(25)15-7-5-8-16(13-15)23-12-6-9-18(23)26/h5,7-8,13H,3-4,6,9-12,14H2,1-2H3,(H,22,28). The van der Waals surface area contributed by atoms with Gasteiger partial charge in [0.05, 0.1) is 6.54 Å². The molecule has 0 unspecified atom stereocenters. The second-order valence-corrected chi connectivity index (χ2v) is 7.53. The lowest BCUT2D eigenvalue weighted by Crippen LogP contribution is -2.47. The average molecular weight is 385 g/mol. The Morgan fingerprint density at radius 2 is 1.86 bits per heavy atom. The van der Waals surface area contributed by atoms with Crippen LogP contribution in [0.25, 0.3) is 0 Å². The van der Waals surface area contributed by atoms with Crippen LogP contribution >= 0.6 is 0 Å². The van der Waals surface area contributed by atoms with Gasteiger partial charge in [-0.3, -0.25) is 19.3 Å². The van der Waals surface area contributed by atoms with Crippen molar-refractivity contribution < 1.29 is 19.2 Å². The summed E-state index contributed by atoms with van der Waals surface area (Å²) in [5.41, 5.74) is 0.170. The highest BCUT2D eigenvalue weighted by atomic mass is 16.2. The monoisotopic (exact) mass is 385 g/mol. The first kappa shape index (κ1) is 20.0. The summed E-state index contributed by atoms with van der Waals surface area (Å²) >= 11 is 0. The molecule has 7 heteroatoms. The fourth-order valence-electron chi connectivity index (χ4n) is 4.14. The Hall–Kier alpha value is -2.70. The van der Waals surface area contributed by atoms with Crippen molar-refractivity contribution in [1.82, 2.24) is 10.2 Å². The smallest absolute Gasteiger partial charge is 0.323 e. The SMILES string of the molecule is CCCC1(CCC)NC(=O)N(CC(=O)c2cccc(N3CCCC3=O)c2)C1=O. The highest BCUT2D eigenvalue weighted by Gasteiger charge is 2.50. The van der Waals surface area contributed by atoms with Crippen LogP contribution < -0.4 is 10.2 Å². The molecule has 2 aliphatic rings. The van der Waals surface area contributed by atoms with Crippen LogP contribution in [0.15, 0.2) is 24.3 Å². The molecule has 7 nitrogen and oxygen atoms in total. The fraction of sp³-hybridized carbons (Fsp3) is 0.524. The Labute approximate surface area is 165 Å². The molecule has 0 atom stereocenters. The van der Waals surface area contributed by atoms with E-state index in [0.717, 1.165) is 24.2 Å². The van der Waals surface area contributed by atoms with Crippen LogP contribution in [0.1, 0.15) is 62.7 Å². The number of hydrogen-bond acceptors (Lipinski definition) is 4. The number of carbonyl (C=O) groups is 4. The van der Waals surface area contributed by atoms with Crippen LogP contribution in [0.2, 0.25) is 0 Å². The number of nitrogens with one attached hydrogen (secondary N) is 1. The van der Waals surface area contributed by atoms with Crippen molar-refractivity contribution in [3.8, 4) is 0 Å².